The van der Waals surface area contributed by atoms with E-state index in [1.807, 2.05) is 0 Å². The van der Waals surface area contributed by atoms with Crippen LogP contribution in [0.4, 0.5) is 11.5 Å². The van der Waals surface area contributed by atoms with E-state index < -0.39 is 9.84 Å². The van der Waals surface area contributed by atoms with Gasteiger partial charge in [-0.15, -0.1) is 5.10 Å². The zero-order valence-electron chi connectivity index (χ0n) is 16.7. The third kappa shape index (κ3) is 5.60. The first-order valence-electron chi connectivity index (χ1n) is 9.45. The van der Waals surface area contributed by atoms with Gasteiger partial charge in [0.1, 0.15) is 5.82 Å². The van der Waals surface area contributed by atoms with Crippen LogP contribution in [-0.4, -0.2) is 66.4 Å². The van der Waals surface area contributed by atoms with Crippen LogP contribution in [0, 0.1) is 0 Å². The summed E-state index contributed by atoms with van der Waals surface area (Å²) in [4.78, 5) is 23.3. The maximum atomic E-state index is 12.1. The van der Waals surface area contributed by atoms with E-state index in [0.29, 0.717) is 54.9 Å². The Hall–Kier alpha value is -2.96. The number of amides is 1. The Bertz CT molecular complexity index is 1160. The van der Waals surface area contributed by atoms with E-state index in [2.05, 4.69) is 29.8 Å². The second kappa shape index (κ2) is 9.04. The van der Waals surface area contributed by atoms with Crippen LogP contribution in [0.15, 0.2) is 35.7 Å². The van der Waals surface area contributed by atoms with Crippen molar-refractivity contribution in [3.63, 3.8) is 0 Å². The largest absolute Gasteiger partial charge is 0.378 e. The van der Waals surface area contributed by atoms with Gasteiger partial charge in [-0.2, -0.15) is 0 Å². The molecule has 1 aliphatic heterocycles. The monoisotopic (exact) mass is 460 g/mol. The maximum Gasteiger partial charge on any atom is 0.277 e. The minimum Gasteiger partial charge on any atom is -0.378 e. The highest BCUT2D eigenvalue weighted by Gasteiger charge is 2.18. The summed E-state index contributed by atoms with van der Waals surface area (Å²) in [5, 5.41) is 8.06. The van der Waals surface area contributed by atoms with E-state index >= 15 is 0 Å². The summed E-state index contributed by atoms with van der Waals surface area (Å²) < 4.78 is 32.7. The zero-order valence-corrected chi connectivity index (χ0v) is 18.3. The van der Waals surface area contributed by atoms with Crippen LogP contribution in [0.25, 0.3) is 11.4 Å². The predicted molar refractivity (Wildman–Crippen MR) is 117 cm³/mol. The summed E-state index contributed by atoms with van der Waals surface area (Å²) >= 11 is 1.10. The van der Waals surface area contributed by atoms with Gasteiger partial charge >= 0.3 is 0 Å². The molecule has 0 radical (unpaired) electrons. The number of carbonyl (C=O) groups is 1. The van der Waals surface area contributed by atoms with Gasteiger partial charge in [0.2, 0.25) is 0 Å². The number of anilines is 2. The summed E-state index contributed by atoms with van der Waals surface area (Å²) in [7, 11) is -3.26. The topological polar surface area (TPSA) is 127 Å². The molecule has 0 aliphatic carbocycles. The molecule has 3 heterocycles. The standard InChI is InChI=1S/C19H20N6O4S2/c1-31(27,28)12-15-10-17(25-6-8-29-9-7-25)22-18(20-15)13-2-4-14(5-3-13)21-19(26)16-11-30-24-23-16/h2-5,10-11H,6-9,12H2,1H3,(H,21,26). The summed E-state index contributed by atoms with van der Waals surface area (Å²) in [5.74, 6) is 0.572. The van der Waals surface area contributed by atoms with Crippen molar-refractivity contribution < 1.29 is 17.9 Å². The lowest BCUT2D eigenvalue weighted by Gasteiger charge is -2.28. The highest BCUT2D eigenvalue weighted by Crippen LogP contribution is 2.23. The van der Waals surface area contributed by atoms with Crippen molar-refractivity contribution in [3.05, 3.63) is 47.1 Å². The van der Waals surface area contributed by atoms with Crippen molar-refractivity contribution >= 4 is 38.8 Å². The molecule has 1 fully saturated rings. The van der Waals surface area contributed by atoms with Crippen molar-refractivity contribution in [2.45, 2.75) is 5.75 Å². The molecule has 0 atom stereocenters. The Morgan fingerprint density at radius 3 is 2.58 bits per heavy atom. The zero-order chi connectivity index (χ0) is 21.8. The number of benzene rings is 1. The van der Waals surface area contributed by atoms with E-state index in [9.17, 15) is 13.2 Å². The number of nitrogens with zero attached hydrogens (tertiary/aromatic N) is 5. The van der Waals surface area contributed by atoms with Gasteiger partial charge in [0.05, 0.1) is 24.7 Å². The third-order valence-corrected chi connectivity index (χ3v) is 5.83. The smallest absolute Gasteiger partial charge is 0.277 e. The fourth-order valence-corrected chi connectivity index (χ4v) is 4.19. The molecule has 0 spiro atoms. The lowest BCUT2D eigenvalue weighted by Crippen LogP contribution is -2.37. The summed E-state index contributed by atoms with van der Waals surface area (Å²) in [5.41, 5.74) is 1.98. The quantitative estimate of drug-likeness (QED) is 0.584. The molecule has 10 nitrogen and oxygen atoms in total. The second-order valence-corrected chi connectivity index (χ2v) is 9.78. The molecule has 1 N–H and O–H groups in total. The number of ether oxygens (including phenoxy) is 1. The number of rotatable bonds is 6. The van der Waals surface area contributed by atoms with Crippen molar-refractivity contribution in [3.8, 4) is 11.4 Å². The van der Waals surface area contributed by atoms with Gasteiger partial charge in [0, 0.05) is 42.0 Å². The van der Waals surface area contributed by atoms with Crippen LogP contribution in [0.1, 0.15) is 16.2 Å². The van der Waals surface area contributed by atoms with Crippen molar-refractivity contribution in [2.24, 2.45) is 0 Å². The van der Waals surface area contributed by atoms with E-state index in [1.165, 1.54) is 6.26 Å². The summed E-state index contributed by atoms with van der Waals surface area (Å²) in [6, 6.07) is 8.73. The van der Waals surface area contributed by atoms with Crippen molar-refractivity contribution in [1.82, 2.24) is 19.6 Å². The first-order valence-corrected chi connectivity index (χ1v) is 12.3. The molecular formula is C19H20N6O4S2. The molecule has 2 aromatic heterocycles. The van der Waals surface area contributed by atoms with Crippen LogP contribution in [0.5, 0.6) is 0 Å². The minimum absolute atomic E-state index is 0.171. The summed E-state index contributed by atoms with van der Waals surface area (Å²) in [6.07, 6.45) is 1.18. The Kier molecular flexibility index (Phi) is 6.20. The van der Waals surface area contributed by atoms with Gasteiger partial charge in [0.15, 0.2) is 21.4 Å². The first-order chi connectivity index (χ1) is 14.9. The number of aromatic nitrogens is 4. The molecule has 1 aromatic carbocycles. The number of morpholine rings is 1. The molecule has 12 heteroatoms. The normalized spacial score (nSPS) is 14.4. The van der Waals surface area contributed by atoms with Gasteiger partial charge in [-0.25, -0.2) is 18.4 Å². The molecule has 0 bridgehead atoms. The number of sulfone groups is 1. The number of carbonyl (C=O) groups excluding carboxylic acids is 1. The molecule has 31 heavy (non-hydrogen) atoms. The maximum absolute atomic E-state index is 12.1. The fraction of sp³-hybridized carbons (Fsp3) is 0.316. The lowest BCUT2D eigenvalue weighted by molar-refractivity contribution is 0.102. The van der Waals surface area contributed by atoms with Gasteiger partial charge in [-0.3, -0.25) is 4.79 Å². The van der Waals surface area contributed by atoms with E-state index in [-0.39, 0.29) is 17.4 Å². The van der Waals surface area contributed by atoms with Crippen LogP contribution >= 0.6 is 11.5 Å². The van der Waals surface area contributed by atoms with Gasteiger partial charge in [-0.05, 0) is 35.8 Å². The van der Waals surface area contributed by atoms with Gasteiger partial charge in [-0.1, -0.05) is 4.49 Å². The highest BCUT2D eigenvalue weighted by molar-refractivity contribution is 7.89. The molecule has 1 aliphatic rings. The first kappa shape index (κ1) is 21.3. The molecule has 1 saturated heterocycles. The molecule has 0 unspecified atom stereocenters. The SMILES string of the molecule is CS(=O)(=O)Cc1cc(N2CCOCC2)nc(-c2ccc(NC(=O)c3csnn3)cc2)n1. The highest BCUT2D eigenvalue weighted by atomic mass is 32.2. The van der Waals surface area contributed by atoms with Gasteiger partial charge < -0.3 is 15.0 Å². The van der Waals surface area contributed by atoms with Crippen molar-refractivity contribution in [1.29, 1.82) is 0 Å². The number of hydrogen-bond donors (Lipinski definition) is 1. The Morgan fingerprint density at radius 1 is 1.19 bits per heavy atom. The fourth-order valence-electron chi connectivity index (χ4n) is 3.07. The predicted octanol–water partition coefficient (Wildman–Crippen LogP) is 1.63. The van der Waals surface area contributed by atoms with E-state index in [4.69, 9.17) is 4.74 Å². The molecule has 1 amide bonds. The Balaban J connectivity index is 1.61. The van der Waals surface area contributed by atoms with Crippen LogP contribution < -0.4 is 10.2 Å². The van der Waals surface area contributed by atoms with Crippen molar-refractivity contribution in [2.75, 3.05) is 42.8 Å². The molecule has 162 valence electrons. The minimum atomic E-state index is -3.26. The Labute approximate surface area is 183 Å². The average molecular weight is 461 g/mol. The second-order valence-electron chi connectivity index (χ2n) is 7.03. The lowest BCUT2D eigenvalue weighted by atomic mass is 10.2. The van der Waals surface area contributed by atoms with Crippen LogP contribution in [-0.2, 0) is 20.3 Å². The average Bonchev–Trinajstić information content (AvgIpc) is 3.29. The molecule has 3 aromatic rings. The number of hydrogen-bond acceptors (Lipinski definition) is 10. The van der Waals surface area contributed by atoms with E-state index in [0.717, 1.165) is 11.5 Å². The Morgan fingerprint density at radius 2 is 1.94 bits per heavy atom. The molecule has 4 rings (SSSR count). The van der Waals surface area contributed by atoms with Gasteiger partial charge in [0.25, 0.3) is 5.91 Å². The molecule has 0 saturated carbocycles. The summed E-state index contributed by atoms with van der Waals surface area (Å²) in [6.45, 7) is 2.52. The molecular weight excluding hydrogens is 440 g/mol. The van der Waals surface area contributed by atoms with E-state index in [1.54, 1.807) is 35.7 Å². The van der Waals surface area contributed by atoms with Crippen LogP contribution in [0.3, 0.4) is 0 Å². The number of nitrogens with one attached hydrogen (secondary N) is 1. The third-order valence-electron chi connectivity index (χ3n) is 4.50. The van der Waals surface area contributed by atoms with Crippen LogP contribution in [0.2, 0.25) is 0 Å².